The van der Waals surface area contributed by atoms with Crippen LogP contribution in [0.3, 0.4) is 0 Å². The van der Waals surface area contributed by atoms with Gasteiger partial charge in [-0.1, -0.05) is 42.5 Å². The topological polar surface area (TPSA) is 21.8 Å². The first-order valence-corrected chi connectivity index (χ1v) is 10.5. The van der Waals surface area contributed by atoms with Crippen molar-refractivity contribution in [3.05, 3.63) is 72.3 Å². The van der Waals surface area contributed by atoms with Crippen molar-refractivity contribution in [3.8, 4) is 0 Å². The Morgan fingerprint density at radius 1 is 0.828 bits per heavy atom. The Hall–Kier alpha value is -2.21. The molecule has 154 valence electrons. The van der Waals surface area contributed by atoms with E-state index in [1.54, 1.807) is 0 Å². The van der Waals surface area contributed by atoms with Crippen molar-refractivity contribution in [3.63, 3.8) is 0 Å². The number of fused-ring (bicyclic) bond motifs is 1. The molecule has 0 saturated carbocycles. The van der Waals surface area contributed by atoms with Gasteiger partial charge in [0.1, 0.15) is 5.50 Å². The van der Waals surface area contributed by atoms with E-state index in [0.29, 0.717) is 0 Å². The van der Waals surface area contributed by atoms with Crippen LogP contribution in [-0.2, 0) is 6.54 Å². The maximum Gasteiger partial charge on any atom is 0.125 e. The summed E-state index contributed by atoms with van der Waals surface area (Å²) in [6.07, 6.45) is 0. The van der Waals surface area contributed by atoms with Crippen molar-refractivity contribution >= 4 is 34.8 Å². The van der Waals surface area contributed by atoms with E-state index in [1.807, 2.05) is 0 Å². The van der Waals surface area contributed by atoms with Gasteiger partial charge in [0, 0.05) is 45.1 Å². The fraction of sp³-hybridized carbons (Fsp3) is 0.333. The molecule has 3 rings (SSSR count). The van der Waals surface area contributed by atoms with Crippen LogP contribution in [0.5, 0.6) is 0 Å². The van der Waals surface area contributed by atoms with E-state index in [-0.39, 0.29) is 5.50 Å². The van der Waals surface area contributed by atoms with Gasteiger partial charge in [-0.25, -0.2) is 0 Å². The van der Waals surface area contributed by atoms with Crippen LogP contribution in [-0.4, -0.2) is 56.6 Å². The molecule has 0 aliphatic carbocycles. The summed E-state index contributed by atoms with van der Waals surface area (Å²) < 4.78 is 0. The normalized spacial score (nSPS) is 12.5. The van der Waals surface area contributed by atoms with Gasteiger partial charge in [0.05, 0.1) is 0 Å². The third-order valence-electron chi connectivity index (χ3n) is 5.11. The summed E-state index contributed by atoms with van der Waals surface area (Å²) in [6, 6.07) is 23.6. The zero-order chi connectivity index (χ0) is 20.8. The summed E-state index contributed by atoms with van der Waals surface area (Å²) in [5, 5.41) is 6.14. The van der Waals surface area contributed by atoms with Gasteiger partial charge in [-0.2, -0.15) is 0 Å². The molecule has 0 spiro atoms. The molecule has 1 N–H and O–H groups in total. The minimum Gasteiger partial charge on any atom is -0.378 e. The lowest BCUT2D eigenvalue weighted by Gasteiger charge is -2.31. The van der Waals surface area contributed by atoms with Crippen LogP contribution in [0.25, 0.3) is 10.8 Å². The van der Waals surface area contributed by atoms with Crippen LogP contribution in [0.4, 0.5) is 11.4 Å². The van der Waals surface area contributed by atoms with Crippen LogP contribution in [0.15, 0.2) is 66.7 Å². The van der Waals surface area contributed by atoms with Crippen molar-refractivity contribution in [2.45, 2.75) is 12.0 Å². The number of rotatable bonds is 9. The highest BCUT2D eigenvalue weighted by molar-refractivity contribution is 7.81. The number of hydrogen-bond donors (Lipinski definition) is 2. The van der Waals surface area contributed by atoms with Crippen LogP contribution in [0, 0.1) is 0 Å². The quantitative estimate of drug-likeness (QED) is 0.399. The lowest BCUT2D eigenvalue weighted by atomic mass is 10.0. The highest BCUT2D eigenvalue weighted by atomic mass is 32.1. The molecular formula is C24H32N4S. The maximum atomic E-state index is 4.92. The van der Waals surface area contributed by atoms with E-state index in [9.17, 15) is 0 Å². The second kappa shape index (κ2) is 10.0. The summed E-state index contributed by atoms with van der Waals surface area (Å²) in [6.45, 7) is 2.74. The highest BCUT2D eigenvalue weighted by Gasteiger charge is 2.16. The first-order valence-electron chi connectivity index (χ1n) is 10.0. The molecular weight excluding hydrogens is 376 g/mol. The SMILES string of the molecule is CN(C)CCN(Cc1cccc2ccccc12)C(S)Nc1ccc(N(C)C)cc1. The van der Waals surface area contributed by atoms with Crippen LogP contribution < -0.4 is 10.2 Å². The standard InChI is InChI=1S/C24H32N4S/c1-26(2)16-17-28(18-20-10-7-9-19-8-5-6-11-23(19)20)24(29)25-21-12-14-22(15-13-21)27(3)4/h5-15,24-25,29H,16-18H2,1-4H3. The van der Waals surface area contributed by atoms with Gasteiger partial charge in [0.25, 0.3) is 0 Å². The Labute approximate surface area is 180 Å². The minimum absolute atomic E-state index is 0.0841. The predicted molar refractivity (Wildman–Crippen MR) is 130 cm³/mol. The van der Waals surface area contributed by atoms with E-state index in [0.717, 1.165) is 25.3 Å². The van der Waals surface area contributed by atoms with E-state index in [2.05, 4.69) is 115 Å². The molecule has 0 heterocycles. The molecule has 3 aromatic carbocycles. The first-order chi connectivity index (χ1) is 13.9. The molecule has 0 fully saturated rings. The smallest absolute Gasteiger partial charge is 0.125 e. The summed E-state index contributed by atoms with van der Waals surface area (Å²) in [5.74, 6) is 0. The molecule has 0 aromatic heterocycles. The fourth-order valence-corrected chi connectivity index (χ4v) is 3.71. The second-order valence-corrected chi connectivity index (χ2v) is 8.36. The lowest BCUT2D eigenvalue weighted by Crippen LogP contribution is -2.40. The maximum absolute atomic E-state index is 4.92. The van der Waals surface area contributed by atoms with Crippen LogP contribution in [0.2, 0.25) is 0 Å². The Balaban J connectivity index is 1.78. The number of thiol groups is 1. The zero-order valence-electron chi connectivity index (χ0n) is 17.8. The van der Waals surface area contributed by atoms with Gasteiger partial charge in [0.2, 0.25) is 0 Å². The van der Waals surface area contributed by atoms with Crippen molar-refractivity contribution in [1.29, 1.82) is 0 Å². The van der Waals surface area contributed by atoms with Gasteiger partial charge in [-0.3, -0.25) is 4.90 Å². The molecule has 0 aliphatic rings. The number of nitrogens with one attached hydrogen (secondary N) is 1. The highest BCUT2D eigenvalue weighted by Crippen LogP contribution is 2.23. The van der Waals surface area contributed by atoms with Crippen molar-refractivity contribution in [2.24, 2.45) is 0 Å². The molecule has 1 atom stereocenters. The first kappa shape index (κ1) is 21.5. The molecule has 1 unspecified atom stereocenters. The number of anilines is 2. The summed E-state index contributed by atoms with van der Waals surface area (Å²) in [5.41, 5.74) is 3.50. The molecule has 29 heavy (non-hydrogen) atoms. The van der Waals surface area contributed by atoms with Crippen LogP contribution >= 0.6 is 12.6 Å². The summed E-state index contributed by atoms with van der Waals surface area (Å²) in [4.78, 5) is 6.69. The van der Waals surface area contributed by atoms with E-state index < -0.39 is 0 Å². The Kier molecular flexibility index (Phi) is 7.42. The third-order valence-corrected chi connectivity index (χ3v) is 5.57. The molecule has 4 nitrogen and oxygen atoms in total. The van der Waals surface area contributed by atoms with E-state index in [4.69, 9.17) is 12.6 Å². The average molecular weight is 409 g/mol. The summed E-state index contributed by atoms with van der Waals surface area (Å²) in [7, 11) is 8.32. The predicted octanol–water partition coefficient (Wildman–Crippen LogP) is 4.59. The van der Waals surface area contributed by atoms with Gasteiger partial charge in [-0.15, -0.1) is 12.6 Å². The van der Waals surface area contributed by atoms with E-state index in [1.165, 1.54) is 22.0 Å². The number of benzene rings is 3. The Bertz CT molecular complexity index is 903. The number of nitrogens with zero attached hydrogens (tertiary/aromatic N) is 3. The lowest BCUT2D eigenvalue weighted by molar-refractivity contribution is 0.233. The minimum atomic E-state index is -0.0841. The fourth-order valence-electron chi connectivity index (χ4n) is 3.36. The van der Waals surface area contributed by atoms with Gasteiger partial charge in [0.15, 0.2) is 0 Å². The van der Waals surface area contributed by atoms with Crippen molar-refractivity contribution < 1.29 is 0 Å². The molecule has 0 amide bonds. The monoisotopic (exact) mass is 408 g/mol. The second-order valence-electron chi connectivity index (χ2n) is 7.87. The zero-order valence-corrected chi connectivity index (χ0v) is 18.7. The molecule has 3 aromatic rings. The largest absolute Gasteiger partial charge is 0.378 e. The number of likely N-dealkylation sites (N-methyl/N-ethyl adjacent to an activating group) is 1. The molecule has 5 heteroatoms. The molecule has 0 aliphatic heterocycles. The van der Waals surface area contributed by atoms with E-state index >= 15 is 0 Å². The molecule has 0 radical (unpaired) electrons. The van der Waals surface area contributed by atoms with Crippen molar-refractivity contribution in [1.82, 2.24) is 9.80 Å². The van der Waals surface area contributed by atoms with Crippen LogP contribution in [0.1, 0.15) is 5.56 Å². The number of hydrogen-bond acceptors (Lipinski definition) is 5. The average Bonchev–Trinajstić information content (AvgIpc) is 2.71. The Morgan fingerprint density at radius 2 is 1.52 bits per heavy atom. The molecule has 0 saturated heterocycles. The third kappa shape index (κ3) is 5.89. The van der Waals surface area contributed by atoms with Gasteiger partial charge >= 0.3 is 0 Å². The van der Waals surface area contributed by atoms with Gasteiger partial charge in [-0.05, 0) is 54.7 Å². The Morgan fingerprint density at radius 3 is 2.21 bits per heavy atom. The molecule has 0 bridgehead atoms. The summed E-state index contributed by atoms with van der Waals surface area (Å²) >= 11 is 4.92. The van der Waals surface area contributed by atoms with Gasteiger partial charge < -0.3 is 15.1 Å². The van der Waals surface area contributed by atoms with Crippen molar-refractivity contribution in [2.75, 3.05) is 51.5 Å².